The smallest absolute Gasteiger partial charge is 0.257 e. The Labute approximate surface area is 179 Å². The van der Waals surface area contributed by atoms with Crippen LogP contribution in [0, 0.1) is 0 Å². The molecule has 4 rings (SSSR count). The van der Waals surface area contributed by atoms with Gasteiger partial charge in [0, 0.05) is 38.7 Å². The van der Waals surface area contributed by atoms with Gasteiger partial charge in [-0.3, -0.25) is 14.7 Å². The lowest BCUT2D eigenvalue weighted by Gasteiger charge is -2.34. The van der Waals surface area contributed by atoms with Crippen molar-refractivity contribution in [1.29, 1.82) is 0 Å². The summed E-state index contributed by atoms with van der Waals surface area (Å²) in [6.45, 7) is 2.26. The predicted molar refractivity (Wildman–Crippen MR) is 114 cm³/mol. The number of aromatic amines is 1. The van der Waals surface area contributed by atoms with Gasteiger partial charge in [0.2, 0.25) is 5.91 Å². The van der Waals surface area contributed by atoms with Crippen LogP contribution in [0.5, 0.6) is 0 Å². The molecule has 0 radical (unpaired) electrons. The SMILES string of the molecule is CN(C(=O)c1cn[nH]c1C1CCN(C(=O)CC2CCCCO2)CC1)C1CCCCC1. The monoisotopic (exact) mass is 416 g/mol. The zero-order valence-electron chi connectivity index (χ0n) is 18.3. The molecule has 1 unspecified atom stereocenters. The van der Waals surface area contributed by atoms with Gasteiger partial charge in [-0.1, -0.05) is 19.3 Å². The van der Waals surface area contributed by atoms with E-state index in [-0.39, 0.29) is 23.8 Å². The predicted octanol–water partition coefficient (Wildman–Crippen LogP) is 3.48. The summed E-state index contributed by atoms with van der Waals surface area (Å²) >= 11 is 0. The van der Waals surface area contributed by atoms with E-state index < -0.39 is 0 Å². The van der Waals surface area contributed by atoms with Gasteiger partial charge in [-0.25, -0.2) is 0 Å². The molecule has 1 aliphatic carbocycles. The van der Waals surface area contributed by atoms with Crippen LogP contribution < -0.4 is 0 Å². The van der Waals surface area contributed by atoms with E-state index in [2.05, 4.69) is 10.2 Å². The number of ether oxygens (including phenoxy) is 1. The fraction of sp³-hybridized carbons (Fsp3) is 0.783. The molecule has 1 aromatic heterocycles. The van der Waals surface area contributed by atoms with Crippen LogP contribution in [0.15, 0.2) is 6.20 Å². The van der Waals surface area contributed by atoms with E-state index in [1.165, 1.54) is 19.3 Å². The van der Waals surface area contributed by atoms with Gasteiger partial charge in [-0.2, -0.15) is 5.10 Å². The summed E-state index contributed by atoms with van der Waals surface area (Å²) in [4.78, 5) is 29.7. The number of carbonyl (C=O) groups is 2. The highest BCUT2D eigenvalue weighted by atomic mass is 16.5. The van der Waals surface area contributed by atoms with Crippen LogP contribution in [0.3, 0.4) is 0 Å². The van der Waals surface area contributed by atoms with E-state index >= 15 is 0 Å². The molecule has 0 bridgehead atoms. The minimum Gasteiger partial charge on any atom is -0.378 e. The molecule has 3 heterocycles. The minimum absolute atomic E-state index is 0.0820. The van der Waals surface area contributed by atoms with Crippen LogP contribution in [0.25, 0.3) is 0 Å². The lowest BCUT2D eigenvalue weighted by molar-refractivity contribution is -0.136. The normalized spacial score (nSPS) is 24.0. The molecular formula is C23H36N4O3. The van der Waals surface area contributed by atoms with Gasteiger partial charge in [0.1, 0.15) is 0 Å². The Morgan fingerprint density at radius 1 is 1.10 bits per heavy atom. The number of carbonyl (C=O) groups excluding carboxylic acids is 2. The number of rotatable bonds is 5. The van der Waals surface area contributed by atoms with E-state index in [9.17, 15) is 9.59 Å². The van der Waals surface area contributed by atoms with Gasteiger partial charge in [-0.15, -0.1) is 0 Å². The summed E-state index contributed by atoms with van der Waals surface area (Å²) in [5, 5.41) is 7.31. The van der Waals surface area contributed by atoms with Gasteiger partial charge in [0.25, 0.3) is 5.91 Å². The first kappa shape index (κ1) is 21.3. The summed E-state index contributed by atoms with van der Waals surface area (Å²) in [5.74, 6) is 0.540. The second kappa shape index (κ2) is 9.94. The van der Waals surface area contributed by atoms with Crippen molar-refractivity contribution in [2.45, 2.75) is 88.7 Å². The quantitative estimate of drug-likeness (QED) is 0.797. The Kier molecular flexibility index (Phi) is 7.08. The van der Waals surface area contributed by atoms with Crippen molar-refractivity contribution in [1.82, 2.24) is 20.0 Å². The molecule has 166 valence electrons. The lowest BCUT2D eigenvalue weighted by atomic mass is 9.90. The van der Waals surface area contributed by atoms with Gasteiger partial charge in [0.05, 0.1) is 30.0 Å². The number of H-pyrrole nitrogens is 1. The summed E-state index contributed by atoms with van der Waals surface area (Å²) in [6, 6.07) is 0.343. The fourth-order valence-electron chi connectivity index (χ4n) is 5.31. The minimum atomic E-state index is 0.0820. The maximum atomic E-state index is 13.1. The number of likely N-dealkylation sites (tertiary alicyclic amines) is 1. The van der Waals surface area contributed by atoms with Crippen molar-refractivity contribution in [2.75, 3.05) is 26.7 Å². The van der Waals surface area contributed by atoms with E-state index in [4.69, 9.17) is 4.74 Å². The van der Waals surface area contributed by atoms with Gasteiger partial charge < -0.3 is 14.5 Å². The van der Waals surface area contributed by atoms with E-state index in [0.717, 1.165) is 70.3 Å². The summed E-state index contributed by atoms with van der Waals surface area (Å²) < 4.78 is 5.73. The standard InChI is InChI=1S/C23H36N4O3/c1-26(18-7-3-2-4-8-18)23(29)20-16-24-25-22(20)17-10-12-27(13-11-17)21(28)15-19-9-5-6-14-30-19/h16-19H,2-15H2,1H3,(H,24,25). The first-order valence-electron chi connectivity index (χ1n) is 11.8. The molecule has 1 aromatic rings. The van der Waals surface area contributed by atoms with E-state index in [0.29, 0.717) is 18.0 Å². The lowest BCUT2D eigenvalue weighted by Crippen LogP contribution is -2.41. The number of hydrogen-bond donors (Lipinski definition) is 1. The van der Waals surface area contributed by atoms with Crippen molar-refractivity contribution < 1.29 is 14.3 Å². The summed E-state index contributed by atoms with van der Waals surface area (Å²) in [7, 11) is 1.93. The van der Waals surface area contributed by atoms with Crippen LogP contribution in [0.2, 0.25) is 0 Å². The Hall–Kier alpha value is -1.89. The third-order valence-electron chi connectivity index (χ3n) is 7.27. The number of hydrogen-bond acceptors (Lipinski definition) is 4. The molecule has 0 aromatic carbocycles. The molecular weight excluding hydrogens is 380 g/mol. The average molecular weight is 417 g/mol. The second-order valence-electron chi connectivity index (χ2n) is 9.25. The topological polar surface area (TPSA) is 78.5 Å². The largest absolute Gasteiger partial charge is 0.378 e. The van der Waals surface area contributed by atoms with Crippen molar-refractivity contribution in [3.63, 3.8) is 0 Å². The molecule has 3 aliphatic rings. The fourth-order valence-corrected chi connectivity index (χ4v) is 5.31. The third kappa shape index (κ3) is 4.88. The molecule has 2 saturated heterocycles. The molecule has 3 fully saturated rings. The number of piperidine rings is 1. The first-order chi connectivity index (χ1) is 14.6. The van der Waals surface area contributed by atoms with Crippen LogP contribution in [0.1, 0.15) is 92.6 Å². The highest BCUT2D eigenvalue weighted by Crippen LogP contribution is 2.31. The van der Waals surface area contributed by atoms with Gasteiger partial charge in [-0.05, 0) is 44.9 Å². The molecule has 1 saturated carbocycles. The van der Waals surface area contributed by atoms with Crippen molar-refractivity contribution in [2.24, 2.45) is 0 Å². The molecule has 7 nitrogen and oxygen atoms in total. The van der Waals surface area contributed by atoms with Crippen molar-refractivity contribution in [3.05, 3.63) is 17.5 Å². The van der Waals surface area contributed by atoms with Crippen LogP contribution in [0.4, 0.5) is 0 Å². The number of aromatic nitrogens is 2. The highest BCUT2D eigenvalue weighted by Gasteiger charge is 2.31. The third-order valence-corrected chi connectivity index (χ3v) is 7.27. The maximum Gasteiger partial charge on any atom is 0.257 e. The maximum absolute atomic E-state index is 13.1. The number of amides is 2. The highest BCUT2D eigenvalue weighted by molar-refractivity contribution is 5.95. The second-order valence-corrected chi connectivity index (χ2v) is 9.25. The number of nitrogens with one attached hydrogen (secondary N) is 1. The van der Waals surface area contributed by atoms with Crippen molar-refractivity contribution >= 4 is 11.8 Å². The first-order valence-corrected chi connectivity index (χ1v) is 11.8. The van der Waals surface area contributed by atoms with Crippen LogP contribution in [-0.2, 0) is 9.53 Å². The molecule has 30 heavy (non-hydrogen) atoms. The Morgan fingerprint density at radius 2 is 1.83 bits per heavy atom. The molecule has 0 spiro atoms. The zero-order valence-corrected chi connectivity index (χ0v) is 18.3. The van der Waals surface area contributed by atoms with E-state index in [1.54, 1.807) is 6.20 Å². The molecule has 1 N–H and O–H groups in total. The van der Waals surface area contributed by atoms with Crippen molar-refractivity contribution in [3.8, 4) is 0 Å². The van der Waals surface area contributed by atoms with E-state index in [1.807, 2.05) is 16.8 Å². The molecule has 7 heteroatoms. The number of nitrogens with zero attached hydrogens (tertiary/aromatic N) is 3. The van der Waals surface area contributed by atoms with Crippen LogP contribution in [-0.4, -0.2) is 70.7 Å². The Bertz CT molecular complexity index is 714. The summed E-state index contributed by atoms with van der Waals surface area (Å²) in [5.41, 5.74) is 1.66. The molecule has 2 amide bonds. The zero-order chi connectivity index (χ0) is 20.9. The summed E-state index contributed by atoms with van der Waals surface area (Å²) in [6.07, 6.45) is 13.2. The Morgan fingerprint density at radius 3 is 2.53 bits per heavy atom. The van der Waals surface area contributed by atoms with Gasteiger partial charge in [0.15, 0.2) is 0 Å². The molecule has 2 aliphatic heterocycles. The average Bonchev–Trinajstić information content (AvgIpc) is 3.29. The Balaban J connectivity index is 1.32. The molecule has 1 atom stereocenters. The van der Waals surface area contributed by atoms with Crippen LogP contribution >= 0.6 is 0 Å². The van der Waals surface area contributed by atoms with Gasteiger partial charge >= 0.3 is 0 Å².